The molecule has 0 saturated heterocycles. The van der Waals surface area contributed by atoms with Gasteiger partial charge < -0.3 is 16.0 Å². The molecule has 0 radical (unpaired) electrons. The van der Waals surface area contributed by atoms with Crippen LogP contribution in [0.1, 0.15) is 26.3 Å². The fraction of sp³-hybridized carbons (Fsp3) is 0.105. The number of carbonyl (C=O) groups is 3. The first-order valence-corrected chi connectivity index (χ1v) is 7.55. The summed E-state index contributed by atoms with van der Waals surface area (Å²) in [5.74, 6) is -1.24. The number of likely N-dealkylation sites (N-methyl/N-ethyl adjacent to an activating group) is 1. The number of aryl methyl sites for hydroxylation is 1. The SMILES string of the molecule is C=CC(=O)N(C)c1ccc(C(=O)Nc2cc(C)ccc2C(N)=O)cc1. The quantitative estimate of drug-likeness (QED) is 0.821. The third kappa shape index (κ3) is 4.11. The van der Waals surface area contributed by atoms with E-state index >= 15 is 0 Å². The third-order valence-electron chi connectivity index (χ3n) is 3.71. The van der Waals surface area contributed by atoms with Crippen LogP contribution >= 0.6 is 0 Å². The molecule has 2 aromatic rings. The van der Waals surface area contributed by atoms with Crippen LogP contribution in [0, 0.1) is 6.92 Å². The molecule has 0 heterocycles. The first kappa shape index (κ1) is 17.9. The number of hydrogen-bond acceptors (Lipinski definition) is 3. The third-order valence-corrected chi connectivity index (χ3v) is 3.71. The zero-order valence-electron chi connectivity index (χ0n) is 14.1. The second kappa shape index (κ2) is 7.44. The average molecular weight is 337 g/mol. The summed E-state index contributed by atoms with van der Waals surface area (Å²) in [6, 6.07) is 11.5. The zero-order valence-corrected chi connectivity index (χ0v) is 14.1. The highest BCUT2D eigenvalue weighted by molar-refractivity contribution is 6.09. The Morgan fingerprint density at radius 3 is 2.32 bits per heavy atom. The van der Waals surface area contributed by atoms with Crippen LogP contribution in [0.2, 0.25) is 0 Å². The van der Waals surface area contributed by atoms with Gasteiger partial charge in [-0.15, -0.1) is 0 Å². The van der Waals surface area contributed by atoms with Gasteiger partial charge in [-0.2, -0.15) is 0 Å². The van der Waals surface area contributed by atoms with Crippen molar-refractivity contribution in [2.24, 2.45) is 5.73 Å². The van der Waals surface area contributed by atoms with Crippen molar-refractivity contribution in [3.8, 4) is 0 Å². The van der Waals surface area contributed by atoms with Gasteiger partial charge in [0.2, 0.25) is 5.91 Å². The first-order valence-electron chi connectivity index (χ1n) is 7.55. The number of carbonyl (C=O) groups excluding carboxylic acids is 3. The molecule has 3 N–H and O–H groups in total. The highest BCUT2D eigenvalue weighted by Gasteiger charge is 2.13. The predicted molar refractivity (Wildman–Crippen MR) is 97.7 cm³/mol. The summed E-state index contributed by atoms with van der Waals surface area (Å²) in [6.45, 7) is 5.29. The van der Waals surface area contributed by atoms with Crippen molar-refractivity contribution in [2.75, 3.05) is 17.3 Å². The number of nitrogens with two attached hydrogens (primary N) is 1. The van der Waals surface area contributed by atoms with E-state index in [-0.39, 0.29) is 17.4 Å². The lowest BCUT2D eigenvalue weighted by molar-refractivity contribution is -0.113. The van der Waals surface area contributed by atoms with Crippen LogP contribution in [-0.4, -0.2) is 24.8 Å². The Hall–Kier alpha value is -3.41. The Bertz CT molecular complexity index is 841. The molecular formula is C19H19N3O3. The van der Waals surface area contributed by atoms with E-state index in [0.29, 0.717) is 16.9 Å². The van der Waals surface area contributed by atoms with E-state index in [1.165, 1.54) is 11.0 Å². The van der Waals surface area contributed by atoms with Crippen LogP contribution in [0.3, 0.4) is 0 Å². The van der Waals surface area contributed by atoms with Gasteiger partial charge in [0.1, 0.15) is 0 Å². The van der Waals surface area contributed by atoms with Crippen LogP contribution in [0.25, 0.3) is 0 Å². The van der Waals surface area contributed by atoms with E-state index in [0.717, 1.165) is 5.56 Å². The van der Waals surface area contributed by atoms with Crippen molar-refractivity contribution in [3.05, 3.63) is 71.8 Å². The molecule has 2 aromatic carbocycles. The van der Waals surface area contributed by atoms with Gasteiger partial charge in [-0.1, -0.05) is 12.6 Å². The smallest absolute Gasteiger partial charge is 0.255 e. The van der Waals surface area contributed by atoms with E-state index in [1.54, 1.807) is 49.5 Å². The topological polar surface area (TPSA) is 92.5 Å². The van der Waals surface area contributed by atoms with Gasteiger partial charge in [0.05, 0.1) is 11.3 Å². The molecule has 0 aliphatic carbocycles. The number of primary amides is 1. The Morgan fingerprint density at radius 2 is 1.76 bits per heavy atom. The normalized spacial score (nSPS) is 10.0. The summed E-state index contributed by atoms with van der Waals surface area (Å²) in [6.07, 6.45) is 1.21. The van der Waals surface area contributed by atoms with Crippen LogP contribution < -0.4 is 16.0 Å². The first-order chi connectivity index (χ1) is 11.8. The summed E-state index contributed by atoms with van der Waals surface area (Å²) in [5, 5.41) is 2.70. The summed E-state index contributed by atoms with van der Waals surface area (Å²) < 4.78 is 0. The van der Waals surface area contributed by atoms with Crippen molar-refractivity contribution in [1.29, 1.82) is 0 Å². The van der Waals surface area contributed by atoms with E-state index in [2.05, 4.69) is 11.9 Å². The fourth-order valence-corrected chi connectivity index (χ4v) is 2.27. The molecule has 25 heavy (non-hydrogen) atoms. The van der Waals surface area contributed by atoms with Crippen molar-refractivity contribution in [2.45, 2.75) is 6.92 Å². The molecular weight excluding hydrogens is 318 g/mol. The fourth-order valence-electron chi connectivity index (χ4n) is 2.27. The lowest BCUT2D eigenvalue weighted by Gasteiger charge is -2.15. The summed E-state index contributed by atoms with van der Waals surface area (Å²) in [4.78, 5) is 36.9. The Labute approximate surface area is 145 Å². The molecule has 3 amide bonds. The largest absolute Gasteiger partial charge is 0.366 e. The molecule has 0 unspecified atom stereocenters. The van der Waals surface area contributed by atoms with Crippen LogP contribution in [0.5, 0.6) is 0 Å². The maximum Gasteiger partial charge on any atom is 0.255 e. The van der Waals surface area contributed by atoms with Gasteiger partial charge in [-0.25, -0.2) is 0 Å². The second-order valence-electron chi connectivity index (χ2n) is 5.52. The maximum atomic E-state index is 12.4. The minimum absolute atomic E-state index is 0.242. The van der Waals surface area contributed by atoms with E-state index in [4.69, 9.17) is 5.73 Å². The highest BCUT2D eigenvalue weighted by atomic mass is 16.2. The average Bonchev–Trinajstić information content (AvgIpc) is 2.60. The van der Waals surface area contributed by atoms with E-state index in [1.807, 2.05) is 6.92 Å². The Balaban J connectivity index is 2.22. The van der Waals surface area contributed by atoms with Gasteiger partial charge >= 0.3 is 0 Å². The number of rotatable bonds is 5. The van der Waals surface area contributed by atoms with Crippen molar-refractivity contribution in [1.82, 2.24) is 0 Å². The van der Waals surface area contributed by atoms with Crippen LogP contribution in [0.4, 0.5) is 11.4 Å². The molecule has 128 valence electrons. The molecule has 0 aromatic heterocycles. The lowest BCUT2D eigenvalue weighted by atomic mass is 10.1. The standard InChI is InChI=1S/C19H19N3O3/c1-4-17(23)22(3)14-8-6-13(7-9-14)19(25)21-16-11-12(2)5-10-15(16)18(20)24/h4-11H,1H2,2-3H3,(H2,20,24)(H,21,25). The Kier molecular flexibility index (Phi) is 5.34. The maximum absolute atomic E-state index is 12.4. The molecule has 0 fully saturated rings. The van der Waals surface area contributed by atoms with Crippen molar-refractivity contribution >= 4 is 29.1 Å². The number of amides is 3. The zero-order chi connectivity index (χ0) is 18.6. The Morgan fingerprint density at radius 1 is 1.12 bits per heavy atom. The van der Waals surface area contributed by atoms with Crippen molar-refractivity contribution < 1.29 is 14.4 Å². The molecule has 6 heteroatoms. The van der Waals surface area contributed by atoms with Gasteiger partial charge in [0.25, 0.3) is 11.8 Å². The molecule has 0 spiro atoms. The molecule has 0 aliphatic rings. The molecule has 0 atom stereocenters. The number of nitrogens with zero attached hydrogens (tertiary/aromatic N) is 1. The van der Waals surface area contributed by atoms with Gasteiger partial charge in [0, 0.05) is 18.3 Å². The molecule has 0 aliphatic heterocycles. The number of anilines is 2. The molecule has 6 nitrogen and oxygen atoms in total. The number of hydrogen-bond donors (Lipinski definition) is 2. The van der Waals surface area contributed by atoms with Crippen LogP contribution in [-0.2, 0) is 4.79 Å². The number of nitrogens with one attached hydrogen (secondary N) is 1. The molecule has 0 bridgehead atoms. The molecule has 0 saturated carbocycles. The monoisotopic (exact) mass is 337 g/mol. The minimum atomic E-state index is -0.616. The summed E-state index contributed by atoms with van der Waals surface area (Å²) in [7, 11) is 1.62. The lowest BCUT2D eigenvalue weighted by Crippen LogP contribution is -2.23. The predicted octanol–water partition coefficient (Wildman–Crippen LogP) is 2.50. The van der Waals surface area contributed by atoms with Crippen molar-refractivity contribution in [3.63, 3.8) is 0 Å². The highest BCUT2D eigenvalue weighted by Crippen LogP contribution is 2.19. The minimum Gasteiger partial charge on any atom is -0.366 e. The van der Waals surface area contributed by atoms with Gasteiger partial charge in [-0.3, -0.25) is 14.4 Å². The second-order valence-corrected chi connectivity index (χ2v) is 5.52. The van der Waals surface area contributed by atoms with E-state index < -0.39 is 5.91 Å². The number of benzene rings is 2. The summed E-state index contributed by atoms with van der Waals surface area (Å²) >= 11 is 0. The van der Waals surface area contributed by atoms with Crippen LogP contribution in [0.15, 0.2) is 55.1 Å². The summed E-state index contributed by atoms with van der Waals surface area (Å²) in [5.41, 5.74) is 7.85. The van der Waals surface area contributed by atoms with Gasteiger partial charge in [0.15, 0.2) is 0 Å². The molecule has 2 rings (SSSR count). The van der Waals surface area contributed by atoms with Gasteiger partial charge in [-0.05, 0) is 55.0 Å². The van der Waals surface area contributed by atoms with E-state index in [9.17, 15) is 14.4 Å².